The number of amides is 1. The molecule has 0 fully saturated rings. The smallest absolute Gasteiger partial charge is 0.268 e. The number of nitrogens with one attached hydrogen (secondary N) is 1. The number of nitrogens with two attached hydrogens (primary N) is 1. The van der Waals surface area contributed by atoms with Gasteiger partial charge in [-0.15, -0.1) is 0 Å². The van der Waals surface area contributed by atoms with E-state index in [2.05, 4.69) is 5.43 Å². The van der Waals surface area contributed by atoms with Gasteiger partial charge in [-0.3, -0.25) is 10.2 Å². The van der Waals surface area contributed by atoms with Crippen molar-refractivity contribution in [1.29, 1.82) is 0 Å². The van der Waals surface area contributed by atoms with Crippen molar-refractivity contribution in [3.8, 4) is 11.5 Å². The Bertz CT molecular complexity index is 614. The molecule has 110 valence electrons. The van der Waals surface area contributed by atoms with Gasteiger partial charge in [0, 0.05) is 0 Å². The molecule has 0 radical (unpaired) electrons. The number of para-hydroxylation sites is 2. The number of hydrogen-bond donors (Lipinski definition) is 2. The van der Waals surface area contributed by atoms with E-state index in [1.165, 1.54) is 0 Å². The molecule has 21 heavy (non-hydrogen) atoms. The summed E-state index contributed by atoms with van der Waals surface area (Å²) in [5.74, 6) is 6.07. The molecule has 0 heterocycles. The normalized spacial score (nSPS) is 10.0. The number of hydrogen-bond acceptors (Lipinski definition) is 4. The fraction of sp³-hybridized carbons (Fsp3) is 0.188. The third kappa shape index (κ3) is 3.97. The van der Waals surface area contributed by atoms with Crippen molar-refractivity contribution in [3.63, 3.8) is 0 Å². The number of rotatable bonds is 6. The van der Waals surface area contributed by atoms with Gasteiger partial charge in [0.15, 0.2) is 0 Å². The lowest BCUT2D eigenvalue weighted by Crippen LogP contribution is -2.30. The molecule has 3 N–H and O–H groups in total. The van der Waals surface area contributed by atoms with Crippen molar-refractivity contribution in [1.82, 2.24) is 5.43 Å². The SMILES string of the molecule is Cc1ccccc1OCCOc1ccccc1C(=O)NN. The Balaban J connectivity index is 1.90. The van der Waals surface area contributed by atoms with Crippen LogP contribution in [0.4, 0.5) is 0 Å². The van der Waals surface area contributed by atoms with Gasteiger partial charge in [0.05, 0.1) is 5.56 Å². The Kier molecular flexibility index (Phi) is 5.17. The van der Waals surface area contributed by atoms with E-state index in [9.17, 15) is 4.79 Å². The van der Waals surface area contributed by atoms with Crippen LogP contribution in [-0.2, 0) is 0 Å². The van der Waals surface area contributed by atoms with Crippen LogP contribution in [-0.4, -0.2) is 19.1 Å². The van der Waals surface area contributed by atoms with E-state index >= 15 is 0 Å². The zero-order valence-electron chi connectivity index (χ0n) is 11.8. The second-order valence-corrected chi connectivity index (χ2v) is 4.43. The average molecular weight is 286 g/mol. The largest absolute Gasteiger partial charge is 0.490 e. The zero-order valence-corrected chi connectivity index (χ0v) is 11.8. The van der Waals surface area contributed by atoms with Gasteiger partial charge in [0.1, 0.15) is 24.7 Å². The van der Waals surface area contributed by atoms with Crippen LogP contribution in [0.5, 0.6) is 11.5 Å². The minimum Gasteiger partial charge on any atom is -0.490 e. The Hall–Kier alpha value is -2.53. The van der Waals surface area contributed by atoms with Crippen molar-refractivity contribution < 1.29 is 14.3 Å². The molecule has 0 aromatic heterocycles. The summed E-state index contributed by atoms with van der Waals surface area (Å²) < 4.78 is 11.2. The third-order valence-electron chi connectivity index (χ3n) is 2.95. The maximum absolute atomic E-state index is 11.6. The van der Waals surface area contributed by atoms with Gasteiger partial charge in [-0.2, -0.15) is 0 Å². The zero-order chi connectivity index (χ0) is 15.1. The second kappa shape index (κ2) is 7.31. The van der Waals surface area contributed by atoms with Gasteiger partial charge >= 0.3 is 0 Å². The van der Waals surface area contributed by atoms with Gasteiger partial charge in [-0.25, -0.2) is 5.84 Å². The molecule has 0 saturated carbocycles. The molecule has 2 aromatic carbocycles. The summed E-state index contributed by atoms with van der Waals surface area (Å²) >= 11 is 0. The van der Waals surface area contributed by atoms with Gasteiger partial charge < -0.3 is 9.47 Å². The highest BCUT2D eigenvalue weighted by Crippen LogP contribution is 2.18. The first-order chi connectivity index (χ1) is 10.2. The van der Waals surface area contributed by atoms with Gasteiger partial charge in [0.25, 0.3) is 5.91 Å². The van der Waals surface area contributed by atoms with Gasteiger partial charge in [-0.05, 0) is 30.7 Å². The Morgan fingerprint density at radius 1 is 1.00 bits per heavy atom. The van der Waals surface area contributed by atoms with Crippen molar-refractivity contribution in [2.45, 2.75) is 6.92 Å². The predicted octanol–water partition coefficient (Wildman–Crippen LogP) is 2.06. The lowest BCUT2D eigenvalue weighted by Gasteiger charge is -2.12. The monoisotopic (exact) mass is 286 g/mol. The molecule has 2 aromatic rings. The van der Waals surface area contributed by atoms with Crippen LogP contribution in [0.15, 0.2) is 48.5 Å². The highest BCUT2D eigenvalue weighted by atomic mass is 16.5. The maximum atomic E-state index is 11.6. The van der Waals surface area contributed by atoms with E-state index < -0.39 is 0 Å². The maximum Gasteiger partial charge on any atom is 0.268 e. The molecule has 0 aliphatic carbocycles. The molecular weight excluding hydrogens is 268 g/mol. The minimum absolute atomic E-state index is 0.337. The van der Waals surface area contributed by atoms with Crippen molar-refractivity contribution in [2.24, 2.45) is 5.84 Å². The van der Waals surface area contributed by atoms with E-state index in [1.54, 1.807) is 24.3 Å². The topological polar surface area (TPSA) is 73.6 Å². The summed E-state index contributed by atoms with van der Waals surface area (Å²) in [6.45, 7) is 2.71. The van der Waals surface area contributed by atoms with E-state index in [0.717, 1.165) is 11.3 Å². The summed E-state index contributed by atoms with van der Waals surface area (Å²) in [5.41, 5.74) is 3.56. The van der Waals surface area contributed by atoms with E-state index in [1.807, 2.05) is 31.2 Å². The number of ether oxygens (including phenoxy) is 2. The molecule has 0 atom stereocenters. The molecule has 0 aliphatic rings. The molecule has 0 spiro atoms. The van der Waals surface area contributed by atoms with Crippen LogP contribution in [0.1, 0.15) is 15.9 Å². The quantitative estimate of drug-likeness (QED) is 0.369. The first-order valence-electron chi connectivity index (χ1n) is 6.63. The third-order valence-corrected chi connectivity index (χ3v) is 2.95. The molecule has 5 nitrogen and oxygen atoms in total. The van der Waals surface area contributed by atoms with E-state index in [4.69, 9.17) is 15.3 Å². The van der Waals surface area contributed by atoms with Gasteiger partial charge in [0.2, 0.25) is 0 Å². The molecule has 0 bridgehead atoms. The number of carbonyl (C=O) groups is 1. The number of carbonyl (C=O) groups excluding carboxylic acids is 1. The minimum atomic E-state index is -0.384. The summed E-state index contributed by atoms with van der Waals surface area (Å²) in [6.07, 6.45) is 0. The first-order valence-corrected chi connectivity index (χ1v) is 6.63. The highest BCUT2D eigenvalue weighted by molar-refractivity contribution is 5.96. The summed E-state index contributed by atoms with van der Waals surface area (Å²) in [5, 5.41) is 0. The van der Waals surface area contributed by atoms with E-state index in [0.29, 0.717) is 24.5 Å². The van der Waals surface area contributed by atoms with Crippen molar-refractivity contribution in [3.05, 3.63) is 59.7 Å². The summed E-state index contributed by atoms with van der Waals surface area (Å²) in [4.78, 5) is 11.6. The highest BCUT2D eigenvalue weighted by Gasteiger charge is 2.10. The number of nitrogen functional groups attached to an aromatic ring is 1. The summed E-state index contributed by atoms with van der Waals surface area (Å²) in [7, 11) is 0. The Morgan fingerprint density at radius 2 is 1.57 bits per heavy atom. The average Bonchev–Trinajstić information content (AvgIpc) is 2.52. The molecule has 0 unspecified atom stereocenters. The van der Waals surface area contributed by atoms with E-state index in [-0.39, 0.29) is 5.91 Å². The van der Waals surface area contributed by atoms with Crippen LogP contribution in [0.3, 0.4) is 0 Å². The van der Waals surface area contributed by atoms with Crippen molar-refractivity contribution in [2.75, 3.05) is 13.2 Å². The molecule has 1 amide bonds. The molecule has 0 saturated heterocycles. The Morgan fingerprint density at radius 3 is 2.24 bits per heavy atom. The first kappa shape index (κ1) is 14.9. The van der Waals surface area contributed by atoms with Crippen LogP contribution in [0, 0.1) is 6.92 Å². The standard InChI is InChI=1S/C16H18N2O3/c1-12-6-2-4-8-14(12)20-10-11-21-15-9-5-3-7-13(15)16(19)18-17/h2-9H,10-11,17H2,1H3,(H,18,19). The van der Waals surface area contributed by atoms with Crippen LogP contribution >= 0.6 is 0 Å². The molecular formula is C16H18N2O3. The number of benzene rings is 2. The second-order valence-electron chi connectivity index (χ2n) is 4.43. The molecule has 0 aliphatic heterocycles. The fourth-order valence-electron chi connectivity index (χ4n) is 1.88. The van der Waals surface area contributed by atoms with Crippen LogP contribution in [0.25, 0.3) is 0 Å². The number of aryl methyl sites for hydroxylation is 1. The molecule has 5 heteroatoms. The van der Waals surface area contributed by atoms with Crippen molar-refractivity contribution >= 4 is 5.91 Å². The van der Waals surface area contributed by atoms with Gasteiger partial charge in [-0.1, -0.05) is 30.3 Å². The molecule has 2 rings (SSSR count). The predicted molar refractivity (Wildman–Crippen MR) is 80.3 cm³/mol. The lowest BCUT2D eigenvalue weighted by atomic mass is 10.2. The number of hydrazine groups is 1. The Labute approximate surface area is 123 Å². The van der Waals surface area contributed by atoms with Crippen LogP contribution in [0.2, 0.25) is 0 Å². The summed E-state index contributed by atoms with van der Waals surface area (Å²) in [6, 6.07) is 14.7. The fourth-order valence-corrected chi connectivity index (χ4v) is 1.88. The van der Waals surface area contributed by atoms with Crippen LogP contribution < -0.4 is 20.7 Å². The lowest BCUT2D eigenvalue weighted by molar-refractivity contribution is 0.0948.